The van der Waals surface area contributed by atoms with Crippen LogP contribution in [0.4, 0.5) is 5.69 Å². The second-order valence-corrected chi connectivity index (χ2v) is 11.2. The van der Waals surface area contributed by atoms with Crippen molar-refractivity contribution >= 4 is 23.2 Å². The van der Waals surface area contributed by atoms with Gasteiger partial charge in [-0.2, -0.15) is 0 Å². The van der Waals surface area contributed by atoms with Gasteiger partial charge in [-0.1, -0.05) is 113 Å². The van der Waals surface area contributed by atoms with Gasteiger partial charge in [0.25, 0.3) is 0 Å². The number of hydrogen-bond acceptors (Lipinski definition) is 3. The fourth-order valence-corrected chi connectivity index (χ4v) is 5.19. The van der Waals surface area contributed by atoms with E-state index in [4.69, 9.17) is 16.3 Å². The minimum atomic E-state index is -0.00700. The number of ether oxygens (including phenoxy) is 1. The minimum absolute atomic E-state index is 0.00700. The Morgan fingerprint density at radius 2 is 1.48 bits per heavy atom. The highest BCUT2D eigenvalue weighted by Crippen LogP contribution is 2.28. The standard InChI is InChI=1S/C35H47ClN2O2/c1-3-4-5-6-7-8-9-10-11-12-13-14-23-40-35-26-32(20-21-34(35)36)28-38(29(2)39)33-19-15-17-30(25-33)24-31-18-16-22-37-27-31/h15-22,25-27H,3-14,23-24,28H2,1-2H3. The van der Waals surface area contributed by atoms with E-state index in [1.165, 1.54) is 70.6 Å². The van der Waals surface area contributed by atoms with E-state index >= 15 is 0 Å². The molecular formula is C35H47ClN2O2. The maximum Gasteiger partial charge on any atom is 0.224 e. The Morgan fingerprint density at radius 3 is 2.12 bits per heavy atom. The SMILES string of the molecule is CCCCCCCCCCCCCCOc1cc(CN(C(C)=O)c2cccc(Cc3cccnc3)c2)ccc1Cl. The van der Waals surface area contributed by atoms with Crippen LogP contribution in [-0.4, -0.2) is 17.5 Å². The van der Waals surface area contributed by atoms with Crippen molar-refractivity contribution in [3.05, 3.63) is 88.7 Å². The molecule has 1 amide bonds. The highest BCUT2D eigenvalue weighted by molar-refractivity contribution is 6.32. The van der Waals surface area contributed by atoms with E-state index in [-0.39, 0.29) is 5.91 Å². The van der Waals surface area contributed by atoms with Crippen LogP contribution in [0.2, 0.25) is 5.02 Å². The summed E-state index contributed by atoms with van der Waals surface area (Å²) >= 11 is 6.45. The molecule has 3 rings (SSSR count). The lowest BCUT2D eigenvalue weighted by atomic mass is 10.1. The number of benzene rings is 2. The maximum atomic E-state index is 12.6. The summed E-state index contributed by atoms with van der Waals surface area (Å²) < 4.78 is 6.06. The molecule has 1 aromatic heterocycles. The van der Waals surface area contributed by atoms with Crippen LogP contribution in [0.3, 0.4) is 0 Å². The van der Waals surface area contributed by atoms with Crippen LogP contribution >= 0.6 is 11.6 Å². The second kappa shape index (κ2) is 18.5. The molecular weight excluding hydrogens is 516 g/mol. The van der Waals surface area contributed by atoms with E-state index in [1.54, 1.807) is 18.0 Å². The molecule has 0 fully saturated rings. The number of pyridine rings is 1. The predicted molar refractivity (Wildman–Crippen MR) is 168 cm³/mol. The molecule has 216 valence electrons. The predicted octanol–water partition coefficient (Wildman–Crippen LogP) is 9.96. The number of nitrogens with zero attached hydrogens (tertiary/aromatic N) is 2. The van der Waals surface area contributed by atoms with Gasteiger partial charge in [-0.05, 0) is 59.9 Å². The molecule has 0 saturated carbocycles. The van der Waals surface area contributed by atoms with Gasteiger partial charge in [0.2, 0.25) is 5.91 Å². The highest BCUT2D eigenvalue weighted by Gasteiger charge is 2.14. The summed E-state index contributed by atoms with van der Waals surface area (Å²) in [5, 5.41) is 0.607. The van der Waals surface area contributed by atoms with E-state index in [2.05, 4.69) is 30.1 Å². The fourth-order valence-electron chi connectivity index (χ4n) is 5.02. The van der Waals surface area contributed by atoms with E-state index in [9.17, 15) is 4.79 Å². The van der Waals surface area contributed by atoms with Gasteiger partial charge in [0, 0.05) is 25.0 Å². The Hall–Kier alpha value is -2.85. The molecule has 1 heterocycles. The Morgan fingerprint density at radius 1 is 0.800 bits per heavy atom. The van der Waals surface area contributed by atoms with Gasteiger partial charge in [-0.3, -0.25) is 9.78 Å². The van der Waals surface area contributed by atoms with Crippen LogP contribution in [0.25, 0.3) is 0 Å². The summed E-state index contributed by atoms with van der Waals surface area (Å²) in [5.74, 6) is 0.684. The van der Waals surface area contributed by atoms with Crippen molar-refractivity contribution in [2.24, 2.45) is 0 Å². The Kier molecular flexibility index (Phi) is 14.6. The lowest BCUT2D eigenvalue weighted by Crippen LogP contribution is -2.27. The van der Waals surface area contributed by atoms with Gasteiger partial charge in [-0.25, -0.2) is 0 Å². The Balaban J connectivity index is 1.44. The fraction of sp³-hybridized carbons (Fsp3) is 0.486. The first-order valence-corrected chi connectivity index (χ1v) is 15.6. The summed E-state index contributed by atoms with van der Waals surface area (Å²) in [6.45, 7) is 4.99. The number of aromatic nitrogens is 1. The van der Waals surface area contributed by atoms with Crippen molar-refractivity contribution < 1.29 is 9.53 Å². The molecule has 2 aromatic carbocycles. The van der Waals surface area contributed by atoms with Crippen LogP contribution in [0.15, 0.2) is 67.0 Å². The van der Waals surface area contributed by atoms with Crippen molar-refractivity contribution in [3.63, 3.8) is 0 Å². The van der Waals surface area contributed by atoms with Crippen LogP contribution in [0.5, 0.6) is 5.75 Å². The largest absolute Gasteiger partial charge is 0.492 e. The molecule has 0 aliphatic carbocycles. The Labute approximate surface area is 247 Å². The average Bonchev–Trinajstić information content (AvgIpc) is 2.96. The first-order chi connectivity index (χ1) is 19.6. The second-order valence-electron chi connectivity index (χ2n) is 10.8. The summed E-state index contributed by atoms with van der Waals surface area (Å²) in [7, 11) is 0. The molecule has 5 heteroatoms. The number of carbonyl (C=O) groups excluding carboxylic acids is 1. The molecule has 0 aliphatic heterocycles. The third-order valence-electron chi connectivity index (χ3n) is 7.33. The lowest BCUT2D eigenvalue weighted by molar-refractivity contribution is -0.116. The highest BCUT2D eigenvalue weighted by atomic mass is 35.5. The van der Waals surface area contributed by atoms with Crippen molar-refractivity contribution in [2.75, 3.05) is 11.5 Å². The summed E-state index contributed by atoms with van der Waals surface area (Å²) in [6, 6.07) is 18.0. The zero-order chi connectivity index (χ0) is 28.4. The average molecular weight is 563 g/mol. The van der Waals surface area contributed by atoms with Crippen molar-refractivity contribution in [3.8, 4) is 5.75 Å². The lowest BCUT2D eigenvalue weighted by Gasteiger charge is -2.22. The monoisotopic (exact) mass is 562 g/mol. The van der Waals surface area contributed by atoms with Crippen LogP contribution in [0, 0.1) is 0 Å². The third-order valence-corrected chi connectivity index (χ3v) is 7.64. The number of anilines is 1. The van der Waals surface area contributed by atoms with Crippen molar-refractivity contribution in [1.82, 2.24) is 4.98 Å². The van der Waals surface area contributed by atoms with Gasteiger partial charge in [-0.15, -0.1) is 0 Å². The van der Waals surface area contributed by atoms with E-state index < -0.39 is 0 Å². The molecule has 4 nitrogen and oxygen atoms in total. The number of hydrogen-bond donors (Lipinski definition) is 0. The van der Waals surface area contributed by atoms with E-state index in [1.807, 2.05) is 42.6 Å². The topological polar surface area (TPSA) is 42.4 Å². The molecule has 0 unspecified atom stereocenters. The molecule has 0 aliphatic rings. The number of unbranched alkanes of at least 4 members (excludes halogenated alkanes) is 11. The summed E-state index contributed by atoms with van der Waals surface area (Å²) in [6.07, 6.45) is 20.2. The van der Waals surface area contributed by atoms with Gasteiger partial charge in [0.1, 0.15) is 5.75 Å². The Bertz CT molecular complexity index is 1140. The first-order valence-electron chi connectivity index (χ1n) is 15.2. The smallest absolute Gasteiger partial charge is 0.224 e. The molecule has 0 bridgehead atoms. The van der Waals surface area contributed by atoms with Crippen LogP contribution < -0.4 is 9.64 Å². The van der Waals surface area contributed by atoms with Crippen molar-refractivity contribution in [2.45, 2.75) is 104 Å². The molecule has 3 aromatic rings. The first kappa shape index (κ1) is 31.7. The normalized spacial score (nSPS) is 11.0. The maximum absolute atomic E-state index is 12.6. The summed E-state index contributed by atoms with van der Waals surface area (Å²) in [5.41, 5.74) is 4.14. The molecule has 0 N–H and O–H groups in total. The zero-order valence-corrected chi connectivity index (χ0v) is 25.3. The van der Waals surface area contributed by atoms with Crippen LogP contribution in [-0.2, 0) is 17.8 Å². The van der Waals surface area contributed by atoms with E-state index in [0.29, 0.717) is 23.9 Å². The number of carbonyl (C=O) groups is 1. The quantitative estimate of drug-likeness (QED) is 0.136. The molecule has 0 radical (unpaired) electrons. The van der Waals surface area contributed by atoms with Gasteiger partial charge >= 0.3 is 0 Å². The van der Waals surface area contributed by atoms with Crippen LogP contribution in [0.1, 0.15) is 108 Å². The molecule has 0 spiro atoms. The molecule has 0 saturated heterocycles. The van der Waals surface area contributed by atoms with Gasteiger partial charge in [0.15, 0.2) is 0 Å². The molecule has 40 heavy (non-hydrogen) atoms. The minimum Gasteiger partial charge on any atom is -0.492 e. The van der Waals surface area contributed by atoms with Crippen molar-refractivity contribution in [1.29, 1.82) is 0 Å². The van der Waals surface area contributed by atoms with E-state index in [0.717, 1.165) is 35.2 Å². The molecule has 0 atom stereocenters. The third kappa shape index (κ3) is 11.7. The summed E-state index contributed by atoms with van der Waals surface area (Å²) in [4.78, 5) is 18.6. The number of halogens is 1. The number of amides is 1. The van der Waals surface area contributed by atoms with Gasteiger partial charge in [0.05, 0.1) is 18.2 Å². The number of rotatable bonds is 19. The zero-order valence-electron chi connectivity index (χ0n) is 24.5. The van der Waals surface area contributed by atoms with Gasteiger partial charge < -0.3 is 9.64 Å².